The monoisotopic (exact) mass is 339 g/mol. The SMILES string of the molecule is Cc1nc(C)c(CN[C@@](C)(CNC(=O)OC(C)(C)C)C2CC2)s1. The van der Waals surface area contributed by atoms with Crippen LogP contribution in [-0.4, -0.2) is 28.8 Å². The minimum Gasteiger partial charge on any atom is -0.444 e. The van der Waals surface area contributed by atoms with Crippen LogP contribution >= 0.6 is 11.3 Å². The van der Waals surface area contributed by atoms with E-state index in [4.69, 9.17) is 4.74 Å². The van der Waals surface area contributed by atoms with Gasteiger partial charge in [-0.3, -0.25) is 0 Å². The molecule has 0 spiro atoms. The Morgan fingerprint density at radius 2 is 1.96 bits per heavy atom. The van der Waals surface area contributed by atoms with Gasteiger partial charge in [0.05, 0.1) is 10.7 Å². The molecule has 1 fully saturated rings. The third kappa shape index (κ3) is 5.46. The maximum atomic E-state index is 11.9. The first-order valence-electron chi connectivity index (χ1n) is 8.24. The van der Waals surface area contributed by atoms with E-state index < -0.39 is 5.60 Å². The van der Waals surface area contributed by atoms with Gasteiger partial charge in [-0.2, -0.15) is 0 Å². The number of hydrogen-bond acceptors (Lipinski definition) is 5. The molecule has 2 rings (SSSR count). The molecular weight excluding hydrogens is 310 g/mol. The summed E-state index contributed by atoms with van der Waals surface area (Å²) < 4.78 is 5.33. The molecule has 1 amide bonds. The van der Waals surface area contributed by atoms with Crippen molar-refractivity contribution >= 4 is 17.4 Å². The summed E-state index contributed by atoms with van der Waals surface area (Å²) in [5.41, 5.74) is 0.518. The number of hydrogen-bond donors (Lipinski definition) is 2. The Kier molecular flexibility index (Phi) is 5.36. The minimum absolute atomic E-state index is 0.110. The van der Waals surface area contributed by atoms with E-state index in [1.165, 1.54) is 17.7 Å². The number of alkyl carbamates (subject to hydrolysis) is 1. The van der Waals surface area contributed by atoms with E-state index in [0.29, 0.717) is 12.5 Å². The summed E-state index contributed by atoms with van der Waals surface area (Å²) >= 11 is 1.73. The van der Waals surface area contributed by atoms with E-state index in [1.807, 2.05) is 34.6 Å². The van der Waals surface area contributed by atoms with Crippen molar-refractivity contribution < 1.29 is 9.53 Å². The summed E-state index contributed by atoms with van der Waals surface area (Å²) in [6, 6.07) is 0. The predicted molar refractivity (Wildman–Crippen MR) is 93.8 cm³/mol. The van der Waals surface area contributed by atoms with Crippen LogP contribution in [0.4, 0.5) is 4.79 Å². The second-order valence-corrected chi connectivity index (χ2v) is 8.93. The van der Waals surface area contributed by atoms with Crippen molar-refractivity contribution in [1.82, 2.24) is 15.6 Å². The predicted octanol–water partition coefficient (Wildman–Crippen LogP) is 3.54. The van der Waals surface area contributed by atoms with Crippen molar-refractivity contribution in [2.24, 2.45) is 5.92 Å². The van der Waals surface area contributed by atoms with Gasteiger partial charge in [0.25, 0.3) is 0 Å². The smallest absolute Gasteiger partial charge is 0.407 e. The van der Waals surface area contributed by atoms with Crippen LogP contribution in [0, 0.1) is 19.8 Å². The van der Waals surface area contributed by atoms with Crippen LogP contribution in [0.15, 0.2) is 0 Å². The van der Waals surface area contributed by atoms with Gasteiger partial charge in [0.1, 0.15) is 5.60 Å². The molecule has 1 aromatic rings. The number of aromatic nitrogens is 1. The molecule has 1 aliphatic rings. The van der Waals surface area contributed by atoms with Crippen LogP contribution in [0.2, 0.25) is 0 Å². The topological polar surface area (TPSA) is 63.2 Å². The zero-order chi connectivity index (χ0) is 17.3. The number of ether oxygens (including phenoxy) is 1. The van der Waals surface area contributed by atoms with Crippen molar-refractivity contribution in [3.63, 3.8) is 0 Å². The van der Waals surface area contributed by atoms with Crippen molar-refractivity contribution in [3.8, 4) is 0 Å². The number of amides is 1. The molecule has 0 saturated heterocycles. The fourth-order valence-corrected chi connectivity index (χ4v) is 3.54. The molecule has 0 bridgehead atoms. The zero-order valence-electron chi connectivity index (χ0n) is 15.1. The Bertz CT molecular complexity index is 561. The number of aryl methyl sites for hydroxylation is 2. The maximum absolute atomic E-state index is 11.9. The summed E-state index contributed by atoms with van der Waals surface area (Å²) in [7, 11) is 0. The number of rotatable bonds is 6. The Morgan fingerprint density at radius 1 is 1.30 bits per heavy atom. The highest BCUT2D eigenvalue weighted by Gasteiger charge is 2.41. The number of carbonyl (C=O) groups excluding carboxylic acids is 1. The van der Waals surface area contributed by atoms with Crippen LogP contribution in [0.5, 0.6) is 0 Å². The molecule has 130 valence electrons. The van der Waals surface area contributed by atoms with Crippen LogP contribution in [0.3, 0.4) is 0 Å². The summed E-state index contributed by atoms with van der Waals surface area (Å²) in [4.78, 5) is 17.7. The molecule has 1 atom stereocenters. The lowest BCUT2D eigenvalue weighted by atomic mass is 9.95. The average Bonchev–Trinajstić information content (AvgIpc) is 3.19. The minimum atomic E-state index is -0.467. The number of thiazole rings is 1. The fourth-order valence-electron chi connectivity index (χ4n) is 2.66. The van der Waals surface area contributed by atoms with Crippen LogP contribution in [0.25, 0.3) is 0 Å². The molecule has 0 aliphatic heterocycles. The highest BCUT2D eigenvalue weighted by molar-refractivity contribution is 7.11. The molecule has 0 aromatic carbocycles. The summed E-state index contributed by atoms with van der Waals surface area (Å²) in [6.07, 6.45) is 2.07. The van der Waals surface area contributed by atoms with Crippen LogP contribution in [-0.2, 0) is 11.3 Å². The second-order valence-electron chi connectivity index (χ2n) is 7.64. The average molecular weight is 340 g/mol. The molecule has 2 N–H and O–H groups in total. The van der Waals surface area contributed by atoms with Gasteiger partial charge in [-0.05, 0) is 60.3 Å². The van der Waals surface area contributed by atoms with Gasteiger partial charge in [0.2, 0.25) is 0 Å². The summed E-state index contributed by atoms with van der Waals surface area (Å²) in [5.74, 6) is 0.603. The third-order valence-corrected chi connectivity index (χ3v) is 5.20. The van der Waals surface area contributed by atoms with Crippen LogP contribution < -0.4 is 10.6 Å². The van der Waals surface area contributed by atoms with E-state index in [9.17, 15) is 4.79 Å². The standard InChI is InChI=1S/C17H29N3O2S/c1-11-14(23-12(2)20-11)9-19-17(6,13-7-8-13)10-18-15(21)22-16(3,4)5/h13,19H,7-10H2,1-6H3,(H,18,21)/t17-/m0/s1. The van der Waals surface area contributed by atoms with Crippen molar-refractivity contribution in [2.75, 3.05) is 6.54 Å². The number of carbonyl (C=O) groups is 1. The van der Waals surface area contributed by atoms with Crippen molar-refractivity contribution in [2.45, 2.75) is 72.1 Å². The highest BCUT2D eigenvalue weighted by atomic mass is 32.1. The summed E-state index contributed by atoms with van der Waals surface area (Å²) in [5, 5.41) is 7.66. The molecule has 1 aliphatic carbocycles. The molecule has 1 heterocycles. The lowest BCUT2D eigenvalue weighted by Gasteiger charge is -2.32. The van der Waals surface area contributed by atoms with Gasteiger partial charge >= 0.3 is 6.09 Å². The van der Waals surface area contributed by atoms with Crippen molar-refractivity contribution in [1.29, 1.82) is 0 Å². The normalized spacial score (nSPS) is 17.7. The van der Waals surface area contributed by atoms with E-state index in [0.717, 1.165) is 17.2 Å². The third-order valence-electron chi connectivity index (χ3n) is 4.13. The Morgan fingerprint density at radius 3 is 2.43 bits per heavy atom. The van der Waals surface area contributed by atoms with Gasteiger partial charge in [-0.1, -0.05) is 0 Å². The molecular formula is C17H29N3O2S. The molecule has 1 saturated carbocycles. The summed E-state index contributed by atoms with van der Waals surface area (Å²) in [6.45, 7) is 13.3. The lowest BCUT2D eigenvalue weighted by molar-refractivity contribution is 0.0507. The van der Waals surface area contributed by atoms with Gasteiger partial charge in [-0.15, -0.1) is 11.3 Å². The molecule has 6 heteroatoms. The van der Waals surface area contributed by atoms with Crippen molar-refractivity contribution in [3.05, 3.63) is 15.6 Å². The maximum Gasteiger partial charge on any atom is 0.407 e. The first-order valence-corrected chi connectivity index (χ1v) is 9.05. The molecule has 5 nitrogen and oxygen atoms in total. The second kappa shape index (κ2) is 6.77. The molecule has 1 aromatic heterocycles. The van der Waals surface area contributed by atoms with E-state index in [-0.39, 0.29) is 11.6 Å². The van der Waals surface area contributed by atoms with Gasteiger partial charge in [0.15, 0.2) is 0 Å². The number of nitrogens with zero attached hydrogens (tertiary/aromatic N) is 1. The molecule has 0 unspecified atom stereocenters. The lowest BCUT2D eigenvalue weighted by Crippen LogP contribution is -2.53. The van der Waals surface area contributed by atoms with E-state index in [2.05, 4.69) is 22.5 Å². The fraction of sp³-hybridized carbons (Fsp3) is 0.765. The van der Waals surface area contributed by atoms with E-state index in [1.54, 1.807) is 11.3 Å². The molecule has 0 radical (unpaired) electrons. The molecule has 23 heavy (non-hydrogen) atoms. The van der Waals surface area contributed by atoms with E-state index >= 15 is 0 Å². The quantitative estimate of drug-likeness (QED) is 0.832. The van der Waals surface area contributed by atoms with Gasteiger partial charge in [-0.25, -0.2) is 9.78 Å². The largest absolute Gasteiger partial charge is 0.444 e. The van der Waals surface area contributed by atoms with Gasteiger partial charge < -0.3 is 15.4 Å². The Balaban J connectivity index is 1.91. The van der Waals surface area contributed by atoms with Gasteiger partial charge in [0, 0.05) is 23.5 Å². The van der Waals surface area contributed by atoms with Crippen LogP contribution in [0.1, 0.15) is 56.1 Å². The Hall–Kier alpha value is -1.14. The highest BCUT2D eigenvalue weighted by Crippen LogP contribution is 2.39. The zero-order valence-corrected chi connectivity index (χ0v) is 15.9. The first kappa shape index (κ1) is 18.2. The first-order chi connectivity index (χ1) is 10.6. The Labute approximate surface area is 143 Å². The number of nitrogens with one attached hydrogen (secondary N) is 2.